The molecule has 0 spiro atoms. The molecule has 0 saturated carbocycles. The van der Waals surface area contributed by atoms with Crippen LogP contribution in [0.4, 0.5) is 0 Å². The first-order chi connectivity index (χ1) is 12.1. The first-order valence-electron chi connectivity index (χ1n) is 8.24. The highest BCUT2D eigenvalue weighted by molar-refractivity contribution is 7.18. The summed E-state index contributed by atoms with van der Waals surface area (Å²) in [5.74, 6) is 0.733. The third-order valence-electron chi connectivity index (χ3n) is 4.39. The Morgan fingerprint density at radius 2 is 1.48 bits per heavy atom. The van der Waals surface area contributed by atoms with E-state index in [-0.39, 0.29) is 11.6 Å². The quantitative estimate of drug-likeness (QED) is 0.538. The molecule has 2 aromatic carbocycles. The highest BCUT2D eigenvalue weighted by Gasteiger charge is 2.21. The predicted octanol–water partition coefficient (Wildman–Crippen LogP) is 4.71. The number of aryl methyl sites for hydroxylation is 2. The topological polar surface area (TPSA) is 34.9 Å². The van der Waals surface area contributed by atoms with E-state index in [0.717, 1.165) is 26.7 Å². The highest BCUT2D eigenvalue weighted by atomic mass is 32.1. The van der Waals surface area contributed by atoms with Crippen LogP contribution in [0.1, 0.15) is 27.9 Å². The Labute approximate surface area is 150 Å². The van der Waals surface area contributed by atoms with Crippen molar-refractivity contribution in [1.82, 2.24) is 9.55 Å². The smallest absolute Gasteiger partial charge is 0.263 e. The molecule has 4 rings (SSSR count). The maximum Gasteiger partial charge on any atom is 0.263 e. The SMILES string of the molecule is Cc1cc2c(=O)n(C(c3ccccc3)c3ccccc3)c(C)nc2s1. The van der Waals surface area contributed by atoms with Gasteiger partial charge in [0.25, 0.3) is 5.56 Å². The number of benzene rings is 2. The molecule has 4 heteroatoms. The van der Waals surface area contributed by atoms with Gasteiger partial charge in [-0.3, -0.25) is 9.36 Å². The number of nitrogens with zero attached hydrogens (tertiary/aromatic N) is 2. The molecule has 0 aliphatic carbocycles. The van der Waals surface area contributed by atoms with Gasteiger partial charge in [-0.05, 0) is 31.0 Å². The highest BCUT2D eigenvalue weighted by Crippen LogP contribution is 2.28. The number of aromatic nitrogens is 2. The Bertz CT molecular complexity index is 1040. The van der Waals surface area contributed by atoms with Gasteiger partial charge in [0.05, 0.1) is 11.4 Å². The predicted molar refractivity (Wildman–Crippen MR) is 103 cm³/mol. The Morgan fingerprint density at radius 1 is 0.920 bits per heavy atom. The maximum atomic E-state index is 13.3. The van der Waals surface area contributed by atoms with Gasteiger partial charge in [0.15, 0.2) is 0 Å². The van der Waals surface area contributed by atoms with Crippen molar-refractivity contribution in [2.45, 2.75) is 19.9 Å². The molecular formula is C21H18N2OS. The van der Waals surface area contributed by atoms with Crippen LogP contribution in [0.2, 0.25) is 0 Å². The van der Waals surface area contributed by atoms with Crippen LogP contribution < -0.4 is 5.56 Å². The molecule has 2 heterocycles. The fraction of sp³-hybridized carbons (Fsp3) is 0.143. The molecule has 0 radical (unpaired) electrons. The minimum absolute atomic E-state index is 0.0181. The molecule has 0 bridgehead atoms. The largest absolute Gasteiger partial charge is 0.284 e. The Morgan fingerprint density at radius 3 is 2.04 bits per heavy atom. The van der Waals surface area contributed by atoms with Crippen molar-refractivity contribution in [2.24, 2.45) is 0 Å². The van der Waals surface area contributed by atoms with Crippen molar-refractivity contribution in [3.63, 3.8) is 0 Å². The van der Waals surface area contributed by atoms with Gasteiger partial charge in [0.2, 0.25) is 0 Å². The van der Waals surface area contributed by atoms with E-state index in [2.05, 4.69) is 24.3 Å². The zero-order valence-electron chi connectivity index (χ0n) is 14.1. The molecule has 0 atom stereocenters. The summed E-state index contributed by atoms with van der Waals surface area (Å²) in [6.07, 6.45) is 0. The second-order valence-electron chi connectivity index (χ2n) is 6.13. The van der Waals surface area contributed by atoms with Crippen LogP contribution in [-0.4, -0.2) is 9.55 Å². The Balaban J connectivity index is 2.03. The van der Waals surface area contributed by atoms with Gasteiger partial charge in [-0.1, -0.05) is 60.7 Å². The molecule has 0 saturated heterocycles. The van der Waals surface area contributed by atoms with Crippen molar-refractivity contribution in [1.29, 1.82) is 0 Å². The van der Waals surface area contributed by atoms with Crippen molar-refractivity contribution in [3.05, 3.63) is 98.9 Å². The lowest BCUT2D eigenvalue weighted by atomic mass is 9.98. The fourth-order valence-electron chi connectivity index (χ4n) is 3.28. The average molecular weight is 346 g/mol. The summed E-state index contributed by atoms with van der Waals surface area (Å²) in [5.41, 5.74) is 2.17. The standard InChI is InChI=1S/C21H18N2OS/c1-14-13-18-20(25-14)22-15(2)23(21(18)24)19(16-9-5-3-6-10-16)17-11-7-4-8-12-17/h3-13,19H,1-2H3. The van der Waals surface area contributed by atoms with Crippen LogP contribution in [0.5, 0.6) is 0 Å². The molecule has 2 aromatic heterocycles. The van der Waals surface area contributed by atoms with E-state index in [1.807, 2.05) is 60.9 Å². The maximum absolute atomic E-state index is 13.3. The Kier molecular flexibility index (Phi) is 3.98. The molecule has 0 amide bonds. The summed E-state index contributed by atoms with van der Waals surface area (Å²) in [6, 6.07) is 22.0. The molecule has 0 unspecified atom stereocenters. The lowest BCUT2D eigenvalue weighted by Crippen LogP contribution is -2.29. The van der Waals surface area contributed by atoms with Crippen LogP contribution >= 0.6 is 11.3 Å². The second kappa shape index (κ2) is 6.30. The monoisotopic (exact) mass is 346 g/mol. The molecular weight excluding hydrogens is 328 g/mol. The van der Waals surface area contributed by atoms with Crippen LogP contribution in [0.15, 0.2) is 71.5 Å². The summed E-state index contributed by atoms with van der Waals surface area (Å²) < 4.78 is 1.82. The fourth-order valence-corrected chi connectivity index (χ4v) is 4.20. The Hall–Kier alpha value is -2.72. The van der Waals surface area contributed by atoms with Crippen LogP contribution in [0, 0.1) is 13.8 Å². The molecule has 3 nitrogen and oxygen atoms in total. The summed E-state index contributed by atoms with van der Waals surface area (Å²) in [5, 5.41) is 0.699. The summed E-state index contributed by atoms with van der Waals surface area (Å²) >= 11 is 1.57. The lowest BCUT2D eigenvalue weighted by molar-refractivity contribution is 0.620. The minimum Gasteiger partial charge on any atom is -0.284 e. The molecule has 0 aliphatic rings. The second-order valence-corrected chi connectivity index (χ2v) is 7.37. The molecule has 0 N–H and O–H groups in total. The molecule has 0 fully saturated rings. The summed E-state index contributed by atoms with van der Waals surface area (Å²) in [7, 11) is 0. The van der Waals surface area contributed by atoms with Gasteiger partial charge >= 0.3 is 0 Å². The third-order valence-corrected chi connectivity index (χ3v) is 5.33. The van der Waals surface area contributed by atoms with Gasteiger partial charge in [-0.25, -0.2) is 4.98 Å². The van der Waals surface area contributed by atoms with E-state index in [1.54, 1.807) is 11.3 Å². The van der Waals surface area contributed by atoms with Gasteiger partial charge in [-0.2, -0.15) is 0 Å². The van der Waals surface area contributed by atoms with E-state index >= 15 is 0 Å². The van der Waals surface area contributed by atoms with E-state index in [0.29, 0.717) is 5.39 Å². The van der Waals surface area contributed by atoms with Crippen molar-refractivity contribution >= 4 is 21.6 Å². The zero-order valence-corrected chi connectivity index (χ0v) is 15.0. The number of hydrogen-bond donors (Lipinski definition) is 0. The third kappa shape index (κ3) is 2.79. The van der Waals surface area contributed by atoms with Gasteiger partial charge in [-0.15, -0.1) is 11.3 Å². The minimum atomic E-state index is -0.188. The van der Waals surface area contributed by atoms with Gasteiger partial charge < -0.3 is 0 Å². The number of fused-ring (bicyclic) bond motifs is 1. The van der Waals surface area contributed by atoms with E-state index in [1.165, 1.54) is 0 Å². The van der Waals surface area contributed by atoms with Crippen molar-refractivity contribution < 1.29 is 0 Å². The lowest BCUT2D eigenvalue weighted by Gasteiger charge is -2.22. The van der Waals surface area contributed by atoms with E-state index in [4.69, 9.17) is 4.98 Å². The van der Waals surface area contributed by atoms with E-state index < -0.39 is 0 Å². The van der Waals surface area contributed by atoms with Crippen molar-refractivity contribution in [3.8, 4) is 0 Å². The summed E-state index contributed by atoms with van der Waals surface area (Å²) in [6.45, 7) is 3.92. The first-order valence-corrected chi connectivity index (χ1v) is 9.06. The first kappa shape index (κ1) is 15.8. The van der Waals surface area contributed by atoms with Crippen LogP contribution in [0.25, 0.3) is 10.2 Å². The molecule has 25 heavy (non-hydrogen) atoms. The zero-order chi connectivity index (χ0) is 17.4. The average Bonchev–Trinajstić information content (AvgIpc) is 3.00. The number of thiophene rings is 1. The molecule has 4 aromatic rings. The van der Waals surface area contributed by atoms with Crippen LogP contribution in [-0.2, 0) is 0 Å². The summed E-state index contributed by atoms with van der Waals surface area (Å²) in [4.78, 5) is 19.9. The van der Waals surface area contributed by atoms with Crippen molar-refractivity contribution in [2.75, 3.05) is 0 Å². The molecule has 0 aliphatic heterocycles. The van der Waals surface area contributed by atoms with Crippen LogP contribution in [0.3, 0.4) is 0 Å². The van der Waals surface area contributed by atoms with E-state index in [9.17, 15) is 4.79 Å². The van der Waals surface area contributed by atoms with Gasteiger partial charge in [0.1, 0.15) is 10.7 Å². The molecule has 124 valence electrons. The number of rotatable bonds is 3. The van der Waals surface area contributed by atoms with Gasteiger partial charge in [0, 0.05) is 4.88 Å². The number of hydrogen-bond acceptors (Lipinski definition) is 3. The normalized spacial score (nSPS) is 11.3.